The first-order valence-corrected chi connectivity index (χ1v) is 6.54. The Kier molecular flexibility index (Phi) is 4.38. The number of ether oxygens (including phenoxy) is 1. The molecule has 0 unspecified atom stereocenters. The summed E-state index contributed by atoms with van der Waals surface area (Å²) >= 11 is 3.51. The lowest BCUT2D eigenvalue weighted by Crippen LogP contribution is -2.11. The standard InChI is InChI=1S/C13H16BrN3O/c1-10-9-11(3-4-12(10)14)17-7-5-15-13(17)16-6-8-18-2/h3-5,7,9H,6,8H2,1-2H3,(H,15,16). The number of hydrogen-bond acceptors (Lipinski definition) is 3. The van der Waals surface area contributed by atoms with E-state index in [4.69, 9.17) is 4.74 Å². The molecule has 0 radical (unpaired) electrons. The number of imidazole rings is 1. The maximum absolute atomic E-state index is 5.01. The average molecular weight is 310 g/mol. The van der Waals surface area contributed by atoms with Gasteiger partial charge in [0.25, 0.3) is 0 Å². The van der Waals surface area contributed by atoms with E-state index in [1.807, 2.05) is 16.8 Å². The van der Waals surface area contributed by atoms with E-state index in [2.05, 4.69) is 45.3 Å². The van der Waals surface area contributed by atoms with Crippen molar-refractivity contribution in [3.8, 4) is 5.69 Å². The predicted octanol–water partition coefficient (Wildman–Crippen LogP) is 3.00. The third-order valence-electron chi connectivity index (χ3n) is 2.65. The van der Waals surface area contributed by atoms with Crippen molar-refractivity contribution < 1.29 is 4.74 Å². The van der Waals surface area contributed by atoms with Gasteiger partial charge in [-0.3, -0.25) is 4.57 Å². The first-order valence-electron chi connectivity index (χ1n) is 5.75. The van der Waals surface area contributed by atoms with Gasteiger partial charge in [0.2, 0.25) is 5.95 Å². The number of anilines is 1. The molecule has 2 aromatic rings. The van der Waals surface area contributed by atoms with Crippen molar-refractivity contribution >= 4 is 21.9 Å². The number of aromatic nitrogens is 2. The normalized spacial score (nSPS) is 10.6. The number of halogens is 1. The average Bonchev–Trinajstić information content (AvgIpc) is 2.81. The van der Waals surface area contributed by atoms with Crippen LogP contribution in [-0.4, -0.2) is 29.8 Å². The van der Waals surface area contributed by atoms with Crippen molar-refractivity contribution in [3.05, 3.63) is 40.6 Å². The molecule has 0 amide bonds. The summed E-state index contributed by atoms with van der Waals surface area (Å²) in [6.07, 6.45) is 3.73. The number of aryl methyl sites for hydroxylation is 1. The maximum atomic E-state index is 5.01. The Morgan fingerprint density at radius 3 is 3.00 bits per heavy atom. The minimum Gasteiger partial charge on any atom is -0.383 e. The van der Waals surface area contributed by atoms with Gasteiger partial charge in [0.1, 0.15) is 0 Å². The van der Waals surface area contributed by atoms with Crippen LogP contribution in [0.5, 0.6) is 0 Å². The summed E-state index contributed by atoms with van der Waals surface area (Å²) in [5.41, 5.74) is 2.29. The molecule has 1 aromatic carbocycles. The second-order valence-electron chi connectivity index (χ2n) is 3.97. The highest BCUT2D eigenvalue weighted by molar-refractivity contribution is 9.10. The van der Waals surface area contributed by atoms with E-state index >= 15 is 0 Å². The Balaban J connectivity index is 2.22. The molecule has 0 saturated carbocycles. The molecule has 0 saturated heterocycles. The topological polar surface area (TPSA) is 39.1 Å². The van der Waals surface area contributed by atoms with Gasteiger partial charge < -0.3 is 10.1 Å². The van der Waals surface area contributed by atoms with Crippen LogP contribution < -0.4 is 5.32 Å². The molecule has 0 spiro atoms. The van der Waals surface area contributed by atoms with Crippen LogP contribution in [0.15, 0.2) is 35.1 Å². The highest BCUT2D eigenvalue weighted by Crippen LogP contribution is 2.21. The third kappa shape index (κ3) is 2.91. The lowest BCUT2D eigenvalue weighted by atomic mass is 10.2. The third-order valence-corrected chi connectivity index (χ3v) is 3.54. The Labute approximate surface area is 115 Å². The Morgan fingerprint density at radius 2 is 2.28 bits per heavy atom. The van der Waals surface area contributed by atoms with Gasteiger partial charge in [0.05, 0.1) is 6.61 Å². The molecule has 0 fully saturated rings. The zero-order valence-corrected chi connectivity index (χ0v) is 12.1. The predicted molar refractivity (Wildman–Crippen MR) is 76.4 cm³/mol. The smallest absolute Gasteiger partial charge is 0.207 e. The zero-order valence-electron chi connectivity index (χ0n) is 10.5. The molecule has 0 aliphatic carbocycles. The van der Waals surface area contributed by atoms with E-state index in [1.165, 1.54) is 5.56 Å². The molecule has 2 rings (SSSR count). The van der Waals surface area contributed by atoms with E-state index in [-0.39, 0.29) is 0 Å². The van der Waals surface area contributed by atoms with Crippen molar-refractivity contribution in [2.75, 3.05) is 25.6 Å². The van der Waals surface area contributed by atoms with Crippen molar-refractivity contribution in [2.24, 2.45) is 0 Å². The van der Waals surface area contributed by atoms with Crippen LogP contribution in [0.2, 0.25) is 0 Å². The fraction of sp³-hybridized carbons (Fsp3) is 0.308. The molecule has 96 valence electrons. The fourth-order valence-electron chi connectivity index (χ4n) is 1.69. The number of benzene rings is 1. The second-order valence-corrected chi connectivity index (χ2v) is 4.83. The molecule has 0 aliphatic heterocycles. The maximum Gasteiger partial charge on any atom is 0.207 e. The van der Waals surface area contributed by atoms with E-state index in [0.717, 1.165) is 22.7 Å². The number of nitrogens with one attached hydrogen (secondary N) is 1. The minimum atomic E-state index is 0.659. The summed E-state index contributed by atoms with van der Waals surface area (Å²) in [6, 6.07) is 6.22. The highest BCUT2D eigenvalue weighted by Gasteiger charge is 2.05. The number of hydrogen-bond donors (Lipinski definition) is 1. The first-order chi connectivity index (χ1) is 8.72. The van der Waals surface area contributed by atoms with E-state index in [0.29, 0.717) is 6.61 Å². The van der Waals surface area contributed by atoms with Crippen LogP contribution >= 0.6 is 15.9 Å². The molecular formula is C13H16BrN3O. The van der Waals surface area contributed by atoms with Gasteiger partial charge in [0, 0.05) is 36.2 Å². The highest BCUT2D eigenvalue weighted by atomic mass is 79.9. The molecule has 18 heavy (non-hydrogen) atoms. The van der Waals surface area contributed by atoms with Gasteiger partial charge in [-0.2, -0.15) is 0 Å². The molecule has 0 bridgehead atoms. The van der Waals surface area contributed by atoms with Gasteiger partial charge in [-0.05, 0) is 30.7 Å². The summed E-state index contributed by atoms with van der Waals surface area (Å²) in [6.45, 7) is 3.47. The van der Waals surface area contributed by atoms with E-state index < -0.39 is 0 Å². The number of methoxy groups -OCH3 is 1. The summed E-state index contributed by atoms with van der Waals surface area (Å²) in [5.74, 6) is 0.828. The van der Waals surface area contributed by atoms with Crippen LogP contribution in [-0.2, 0) is 4.74 Å². The molecule has 1 N–H and O–H groups in total. The van der Waals surface area contributed by atoms with Crippen LogP contribution in [0.25, 0.3) is 5.69 Å². The van der Waals surface area contributed by atoms with E-state index in [9.17, 15) is 0 Å². The molecular weight excluding hydrogens is 294 g/mol. The fourth-order valence-corrected chi connectivity index (χ4v) is 1.93. The molecule has 1 heterocycles. The van der Waals surface area contributed by atoms with Crippen LogP contribution in [0, 0.1) is 6.92 Å². The largest absolute Gasteiger partial charge is 0.383 e. The second kappa shape index (κ2) is 6.02. The summed E-state index contributed by atoms with van der Waals surface area (Å²) in [4.78, 5) is 4.30. The van der Waals surface area contributed by atoms with Gasteiger partial charge in [0.15, 0.2) is 0 Å². The molecule has 5 heteroatoms. The molecule has 0 aliphatic rings. The van der Waals surface area contributed by atoms with Crippen LogP contribution in [0.1, 0.15) is 5.56 Å². The van der Waals surface area contributed by atoms with E-state index in [1.54, 1.807) is 13.3 Å². The van der Waals surface area contributed by atoms with Gasteiger partial charge in [-0.25, -0.2) is 4.98 Å². The van der Waals surface area contributed by atoms with Gasteiger partial charge in [-0.1, -0.05) is 15.9 Å². The Hall–Kier alpha value is -1.33. The van der Waals surface area contributed by atoms with Crippen molar-refractivity contribution in [1.82, 2.24) is 9.55 Å². The quantitative estimate of drug-likeness (QED) is 0.863. The van der Waals surface area contributed by atoms with Gasteiger partial charge in [-0.15, -0.1) is 0 Å². The summed E-state index contributed by atoms with van der Waals surface area (Å²) < 4.78 is 8.15. The Morgan fingerprint density at radius 1 is 1.44 bits per heavy atom. The minimum absolute atomic E-state index is 0.659. The van der Waals surface area contributed by atoms with Crippen molar-refractivity contribution in [3.63, 3.8) is 0 Å². The van der Waals surface area contributed by atoms with Crippen molar-refractivity contribution in [1.29, 1.82) is 0 Å². The monoisotopic (exact) mass is 309 g/mol. The molecule has 4 nitrogen and oxygen atoms in total. The lowest BCUT2D eigenvalue weighted by Gasteiger charge is -2.10. The first kappa shape index (κ1) is 13.1. The Bertz CT molecular complexity index is 525. The lowest BCUT2D eigenvalue weighted by molar-refractivity contribution is 0.210. The molecule has 1 aromatic heterocycles. The van der Waals surface area contributed by atoms with Crippen LogP contribution in [0.4, 0.5) is 5.95 Å². The summed E-state index contributed by atoms with van der Waals surface area (Å²) in [7, 11) is 1.69. The van der Waals surface area contributed by atoms with Gasteiger partial charge >= 0.3 is 0 Å². The van der Waals surface area contributed by atoms with Crippen LogP contribution in [0.3, 0.4) is 0 Å². The zero-order chi connectivity index (χ0) is 13.0. The number of nitrogens with zero attached hydrogens (tertiary/aromatic N) is 2. The summed E-state index contributed by atoms with van der Waals surface area (Å²) in [5, 5.41) is 3.24. The molecule has 0 atom stereocenters. The SMILES string of the molecule is COCCNc1nccn1-c1ccc(Br)c(C)c1. The van der Waals surface area contributed by atoms with Crippen molar-refractivity contribution in [2.45, 2.75) is 6.92 Å². The number of rotatable bonds is 5.